The maximum Gasteiger partial charge on any atom is 0.412 e. The van der Waals surface area contributed by atoms with Crippen LogP contribution in [0.2, 0.25) is 0 Å². The van der Waals surface area contributed by atoms with Crippen molar-refractivity contribution in [3.05, 3.63) is 40.5 Å². The van der Waals surface area contributed by atoms with Crippen LogP contribution in [-0.2, 0) is 27.4 Å². The Kier molecular flexibility index (Phi) is 9.43. The van der Waals surface area contributed by atoms with Gasteiger partial charge in [0.1, 0.15) is 40.4 Å². The van der Waals surface area contributed by atoms with E-state index in [1.54, 1.807) is 27.9 Å². The van der Waals surface area contributed by atoms with Crippen LogP contribution in [0, 0.1) is 23.0 Å². The third-order valence-corrected chi connectivity index (χ3v) is 12.0. The number of nitrogens with zero attached hydrogens (tertiary/aromatic N) is 6. The molecule has 2 amide bonds. The van der Waals surface area contributed by atoms with Crippen LogP contribution in [-0.4, -0.2) is 107 Å². The Morgan fingerprint density at radius 2 is 1.82 bits per heavy atom. The maximum atomic E-state index is 17.7. The fourth-order valence-electron chi connectivity index (χ4n) is 8.48. The lowest BCUT2D eigenvalue weighted by atomic mass is 9.90. The first kappa shape index (κ1) is 37.1. The quantitative estimate of drug-likeness (QED) is 0.211. The Bertz CT molecular complexity index is 2260. The number of thiophene rings is 1. The first-order valence-corrected chi connectivity index (χ1v) is 19.0. The first-order chi connectivity index (χ1) is 26.3. The third-order valence-electron chi connectivity index (χ3n) is 10.9. The molecule has 4 aliphatic rings. The molecule has 3 saturated heterocycles. The highest BCUT2D eigenvalue weighted by atomic mass is 32.1. The van der Waals surface area contributed by atoms with Gasteiger partial charge >= 0.3 is 18.2 Å². The van der Waals surface area contributed by atoms with Crippen LogP contribution in [0.3, 0.4) is 0 Å². The van der Waals surface area contributed by atoms with Crippen LogP contribution in [0.1, 0.15) is 56.7 Å². The summed E-state index contributed by atoms with van der Waals surface area (Å²) in [7, 11) is 3.64. The van der Waals surface area contributed by atoms with Crippen molar-refractivity contribution >= 4 is 55.3 Å². The second-order valence-electron chi connectivity index (χ2n) is 15.5. The van der Waals surface area contributed by atoms with Crippen molar-refractivity contribution in [2.24, 2.45) is 0 Å². The molecule has 4 aromatic rings. The Balaban J connectivity index is 1.31. The number of fused-ring (bicyclic) bond motifs is 6. The number of carboxylic acid groups (broad SMARTS) is 1. The molecule has 0 aliphatic carbocycles. The van der Waals surface area contributed by atoms with E-state index in [0.29, 0.717) is 46.3 Å². The SMILES string of the molecule is CO[C@@H]1C[C@@H](COc2nc(N3C4CCC3CN(C(=O)O)C4)c3c4c(c(-c5c(F)ccc6sc(NC(=O)OC(C)(C)C)c(C#N)c56)c(F)c3n2)COC4)N(C)C1. The number of methoxy groups -OCH3 is 1. The molecule has 4 aliphatic heterocycles. The number of nitriles is 1. The second kappa shape index (κ2) is 14.0. The number of piperazine rings is 1. The van der Waals surface area contributed by atoms with E-state index in [1.165, 1.54) is 17.0 Å². The number of benzene rings is 2. The summed E-state index contributed by atoms with van der Waals surface area (Å²) in [6, 6.07) is 4.26. The number of amides is 2. The van der Waals surface area contributed by atoms with E-state index in [0.717, 1.165) is 17.9 Å². The van der Waals surface area contributed by atoms with Gasteiger partial charge in [-0.05, 0) is 70.3 Å². The number of likely N-dealkylation sites (tertiary alicyclic amines) is 2. The number of anilines is 2. The van der Waals surface area contributed by atoms with E-state index >= 15 is 8.78 Å². The van der Waals surface area contributed by atoms with Crippen LogP contribution >= 0.6 is 11.3 Å². The monoisotopic (exact) mass is 777 g/mol. The molecule has 0 saturated carbocycles. The standard InChI is InChI=1S/C38H41F2N7O7S/c1-38(2,3)54-36(48)44-34-22(11-41)27-26(55-34)9-8-25(39)30(27)28-23-16-52-17-24(23)29-32(31(28)40)42-35(53-15-20-10-21(51-5)14-45(20)4)43-33(29)47-18-6-7-19(47)13-46(12-18)37(49)50/h8-9,18-21H,6-7,10,12-17H2,1-5H3,(H,44,48)(H,49,50)/t18?,19?,20-,21+/m0/s1. The molecule has 2 N–H and O–H groups in total. The molecular weight excluding hydrogens is 737 g/mol. The van der Waals surface area contributed by atoms with Crippen molar-refractivity contribution in [2.75, 3.05) is 50.6 Å². The van der Waals surface area contributed by atoms with E-state index < -0.39 is 29.4 Å². The summed E-state index contributed by atoms with van der Waals surface area (Å²) in [4.78, 5) is 40.0. The molecule has 0 spiro atoms. The van der Waals surface area contributed by atoms with Gasteiger partial charge in [0.15, 0.2) is 5.82 Å². The van der Waals surface area contributed by atoms with Gasteiger partial charge in [0.25, 0.3) is 0 Å². The summed E-state index contributed by atoms with van der Waals surface area (Å²) < 4.78 is 57.7. The first-order valence-electron chi connectivity index (χ1n) is 18.2. The van der Waals surface area contributed by atoms with Gasteiger partial charge in [0.2, 0.25) is 0 Å². The van der Waals surface area contributed by atoms with Crippen molar-refractivity contribution in [1.82, 2.24) is 19.8 Å². The summed E-state index contributed by atoms with van der Waals surface area (Å²) in [6.07, 6.45) is 0.377. The maximum absolute atomic E-state index is 17.7. The molecule has 2 aromatic heterocycles. The molecule has 8 rings (SSSR count). The van der Waals surface area contributed by atoms with Gasteiger partial charge in [-0.1, -0.05) is 0 Å². The minimum Gasteiger partial charge on any atom is -0.465 e. The van der Waals surface area contributed by atoms with Gasteiger partial charge in [0, 0.05) is 66.1 Å². The predicted molar refractivity (Wildman–Crippen MR) is 200 cm³/mol. The lowest BCUT2D eigenvalue weighted by Crippen LogP contribution is -2.55. The van der Waals surface area contributed by atoms with Gasteiger partial charge in [-0.3, -0.25) is 10.2 Å². The van der Waals surface area contributed by atoms with E-state index in [4.69, 9.17) is 23.9 Å². The molecule has 290 valence electrons. The number of ether oxygens (including phenoxy) is 4. The number of halogens is 2. The van der Waals surface area contributed by atoms with Crippen molar-refractivity contribution in [1.29, 1.82) is 5.26 Å². The number of nitrogens with one attached hydrogen (secondary N) is 1. The lowest BCUT2D eigenvalue weighted by molar-refractivity contribution is 0.0636. The summed E-state index contributed by atoms with van der Waals surface area (Å²) in [5.74, 6) is -1.21. The lowest BCUT2D eigenvalue weighted by Gasteiger charge is -2.41. The largest absolute Gasteiger partial charge is 0.465 e. The molecule has 6 heterocycles. The zero-order valence-electron chi connectivity index (χ0n) is 31.1. The molecule has 17 heteroatoms. The van der Waals surface area contributed by atoms with Crippen LogP contribution < -0.4 is 15.0 Å². The van der Waals surface area contributed by atoms with E-state index in [2.05, 4.69) is 26.2 Å². The smallest absolute Gasteiger partial charge is 0.412 e. The minimum absolute atomic E-state index is 0.0185. The van der Waals surface area contributed by atoms with E-state index in [1.807, 2.05) is 7.05 Å². The van der Waals surface area contributed by atoms with Crippen LogP contribution in [0.5, 0.6) is 6.01 Å². The van der Waals surface area contributed by atoms with E-state index in [-0.39, 0.29) is 95.7 Å². The molecular formula is C38H41F2N7O7S. The minimum atomic E-state index is -1.00. The Morgan fingerprint density at radius 1 is 1.09 bits per heavy atom. The molecule has 0 radical (unpaired) electrons. The average molecular weight is 778 g/mol. The molecule has 2 bridgehead atoms. The average Bonchev–Trinajstić information content (AvgIpc) is 3.90. The van der Waals surface area contributed by atoms with Crippen molar-refractivity contribution in [2.45, 2.75) is 83.1 Å². The molecule has 2 aromatic carbocycles. The van der Waals surface area contributed by atoms with Gasteiger partial charge in [-0.25, -0.2) is 18.4 Å². The number of rotatable bonds is 7. The normalized spacial score (nSPS) is 22.4. The highest BCUT2D eigenvalue weighted by Crippen LogP contribution is 2.49. The number of hydrogen-bond acceptors (Lipinski definition) is 12. The Morgan fingerprint density at radius 3 is 2.47 bits per heavy atom. The number of carbonyl (C=O) groups excluding carboxylic acids is 1. The summed E-state index contributed by atoms with van der Waals surface area (Å²) in [5, 5.41) is 23.5. The van der Waals surface area contributed by atoms with E-state index in [9.17, 15) is 20.0 Å². The molecule has 3 fully saturated rings. The predicted octanol–water partition coefficient (Wildman–Crippen LogP) is 6.47. The fourth-order valence-corrected chi connectivity index (χ4v) is 9.52. The molecule has 14 nitrogen and oxygen atoms in total. The third kappa shape index (κ3) is 6.54. The topological polar surface area (TPSA) is 163 Å². The highest BCUT2D eigenvalue weighted by Gasteiger charge is 2.44. The van der Waals surface area contributed by atoms with Crippen molar-refractivity contribution in [3.63, 3.8) is 0 Å². The molecule has 55 heavy (non-hydrogen) atoms. The van der Waals surface area contributed by atoms with Gasteiger partial charge in [-0.15, -0.1) is 11.3 Å². The van der Waals surface area contributed by atoms with Gasteiger partial charge in [-0.2, -0.15) is 15.2 Å². The van der Waals surface area contributed by atoms with Crippen LogP contribution in [0.4, 0.5) is 29.2 Å². The number of likely N-dealkylation sites (N-methyl/N-ethyl adjacent to an activating group) is 1. The summed E-state index contributed by atoms with van der Waals surface area (Å²) >= 11 is 1.05. The second-order valence-corrected chi connectivity index (χ2v) is 16.6. The van der Waals surface area contributed by atoms with Crippen LogP contribution in [0.15, 0.2) is 12.1 Å². The molecule has 2 unspecified atom stereocenters. The number of carbonyl (C=O) groups is 2. The van der Waals surface area contributed by atoms with Crippen molar-refractivity contribution < 1.29 is 42.4 Å². The fraction of sp³-hybridized carbons (Fsp3) is 0.500. The summed E-state index contributed by atoms with van der Waals surface area (Å²) in [6.45, 7) is 6.55. The summed E-state index contributed by atoms with van der Waals surface area (Å²) in [5.41, 5.74) is -0.251. The molecule has 4 atom stereocenters. The van der Waals surface area contributed by atoms with Gasteiger partial charge in [0.05, 0.1) is 30.3 Å². The highest BCUT2D eigenvalue weighted by molar-refractivity contribution is 7.23. The van der Waals surface area contributed by atoms with Gasteiger partial charge < -0.3 is 33.9 Å². The zero-order chi connectivity index (χ0) is 38.9. The zero-order valence-corrected chi connectivity index (χ0v) is 31.9. The Hall–Kier alpha value is -4.89. The van der Waals surface area contributed by atoms with Crippen molar-refractivity contribution in [3.8, 4) is 23.2 Å². The number of aromatic nitrogens is 2. The Labute approximate surface area is 319 Å². The number of hydrogen-bond donors (Lipinski definition) is 2. The van der Waals surface area contributed by atoms with Crippen LogP contribution in [0.25, 0.3) is 32.1 Å².